The van der Waals surface area contributed by atoms with Crippen LogP contribution in [0.5, 0.6) is 0 Å². The Morgan fingerprint density at radius 3 is 2.17 bits per heavy atom. The summed E-state index contributed by atoms with van der Waals surface area (Å²) >= 11 is 0. The van der Waals surface area contributed by atoms with Crippen molar-refractivity contribution in [3.05, 3.63) is 35.9 Å². The van der Waals surface area contributed by atoms with E-state index in [-0.39, 0.29) is 12.4 Å². The molecular formula is C19H31ClN2O. The molecule has 23 heavy (non-hydrogen) atoms. The predicted octanol–water partition coefficient (Wildman–Crippen LogP) is 3.34. The van der Waals surface area contributed by atoms with Gasteiger partial charge in [-0.25, -0.2) is 0 Å². The highest BCUT2D eigenvalue weighted by atomic mass is 35.5. The third-order valence-corrected chi connectivity index (χ3v) is 5.08. The molecule has 0 aromatic heterocycles. The zero-order valence-corrected chi connectivity index (χ0v) is 14.9. The summed E-state index contributed by atoms with van der Waals surface area (Å²) in [5, 5.41) is 3.48. The summed E-state index contributed by atoms with van der Waals surface area (Å²) in [6.07, 6.45) is 5.13. The number of nitrogens with zero attached hydrogens (tertiary/aromatic N) is 1. The van der Waals surface area contributed by atoms with Crippen LogP contribution in [0.1, 0.15) is 31.2 Å². The van der Waals surface area contributed by atoms with Gasteiger partial charge < -0.3 is 10.1 Å². The van der Waals surface area contributed by atoms with Crippen LogP contribution < -0.4 is 5.32 Å². The van der Waals surface area contributed by atoms with E-state index in [2.05, 4.69) is 40.5 Å². The van der Waals surface area contributed by atoms with Gasteiger partial charge in [0, 0.05) is 32.8 Å². The lowest BCUT2D eigenvalue weighted by Gasteiger charge is -2.33. The van der Waals surface area contributed by atoms with E-state index in [1.807, 2.05) is 0 Å². The predicted molar refractivity (Wildman–Crippen MR) is 98.1 cm³/mol. The van der Waals surface area contributed by atoms with E-state index in [1.54, 1.807) is 0 Å². The number of nitrogens with one attached hydrogen (secondary N) is 1. The van der Waals surface area contributed by atoms with E-state index in [4.69, 9.17) is 4.74 Å². The fourth-order valence-corrected chi connectivity index (χ4v) is 3.77. The molecule has 3 rings (SSSR count). The molecule has 1 N–H and O–H groups in total. The molecule has 2 aliphatic heterocycles. The molecule has 0 amide bonds. The van der Waals surface area contributed by atoms with Crippen molar-refractivity contribution in [3.8, 4) is 0 Å². The number of hydrogen-bond donors (Lipinski definition) is 1. The number of halogens is 1. The quantitative estimate of drug-likeness (QED) is 0.861. The summed E-state index contributed by atoms with van der Waals surface area (Å²) in [6, 6.07) is 11.0. The number of hydrogen-bond acceptors (Lipinski definition) is 3. The summed E-state index contributed by atoms with van der Waals surface area (Å²) in [6.45, 7) is 7.90. The minimum absolute atomic E-state index is 0. The second-order valence-corrected chi connectivity index (χ2v) is 6.93. The average Bonchev–Trinajstić information content (AvgIpc) is 2.57. The Balaban J connectivity index is 0.00000192. The molecule has 2 heterocycles. The highest BCUT2D eigenvalue weighted by Gasteiger charge is 2.21. The van der Waals surface area contributed by atoms with Crippen molar-refractivity contribution < 1.29 is 4.74 Å². The maximum Gasteiger partial charge on any atom is 0.0469 e. The van der Waals surface area contributed by atoms with Crippen molar-refractivity contribution in [2.24, 2.45) is 11.8 Å². The highest BCUT2D eigenvalue weighted by Crippen LogP contribution is 2.21. The van der Waals surface area contributed by atoms with E-state index in [0.29, 0.717) is 0 Å². The van der Waals surface area contributed by atoms with Gasteiger partial charge >= 0.3 is 0 Å². The molecule has 0 aliphatic carbocycles. The summed E-state index contributed by atoms with van der Waals surface area (Å²) in [5.74, 6) is 1.68. The first-order valence-corrected chi connectivity index (χ1v) is 8.95. The van der Waals surface area contributed by atoms with Crippen LogP contribution in [0.25, 0.3) is 0 Å². The Morgan fingerprint density at radius 2 is 1.52 bits per heavy atom. The standard InChI is InChI=1S/C19H30N2O.ClH/c1-2-4-17(5-3-1)14-21(15-18-6-10-20-11-7-18)16-19-8-12-22-13-9-19;/h1-5,18-20H,6-16H2;1H. The fraction of sp³-hybridized carbons (Fsp3) is 0.684. The highest BCUT2D eigenvalue weighted by molar-refractivity contribution is 5.85. The minimum atomic E-state index is 0. The molecule has 2 aliphatic rings. The molecule has 0 saturated carbocycles. The van der Waals surface area contributed by atoms with E-state index in [9.17, 15) is 0 Å². The fourth-order valence-electron chi connectivity index (χ4n) is 3.77. The first-order valence-electron chi connectivity index (χ1n) is 8.95. The second-order valence-electron chi connectivity index (χ2n) is 6.93. The molecule has 0 atom stereocenters. The molecule has 1 aromatic rings. The number of benzene rings is 1. The number of rotatable bonds is 6. The zero-order valence-electron chi connectivity index (χ0n) is 14.1. The molecule has 2 saturated heterocycles. The third kappa shape index (κ3) is 6.42. The van der Waals surface area contributed by atoms with Crippen LogP contribution in [-0.2, 0) is 11.3 Å². The molecule has 130 valence electrons. The normalized spacial score (nSPS) is 20.4. The lowest BCUT2D eigenvalue weighted by Crippen LogP contribution is -2.39. The van der Waals surface area contributed by atoms with Gasteiger partial charge in [0.05, 0.1) is 0 Å². The van der Waals surface area contributed by atoms with E-state index < -0.39 is 0 Å². The molecule has 4 heteroatoms. The Labute approximate surface area is 147 Å². The van der Waals surface area contributed by atoms with Crippen LogP contribution in [0.15, 0.2) is 30.3 Å². The molecule has 2 fully saturated rings. The maximum absolute atomic E-state index is 5.52. The number of piperidine rings is 1. The van der Waals surface area contributed by atoms with Gasteiger partial charge in [-0.3, -0.25) is 4.90 Å². The molecule has 3 nitrogen and oxygen atoms in total. The van der Waals surface area contributed by atoms with Gasteiger partial charge in [-0.15, -0.1) is 12.4 Å². The average molecular weight is 339 g/mol. The first kappa shape index (κ1) is 18.7. The van der Waals surface area contributed by atoms with Crippen LogP contribution in [0.4, 0.5) is 0 Å². The Kier molecular flexibility index (Phi) is 8.38. The molecule has 0 spiro atoms. The monoisotopic (exact) mass is 338 g/mol. The van der Waals surface area contributed by atoms with Gasteiger partial charge in [-0.2, -0.15) is 0 Å². The van der Waals surface area contributed by atoms with Crippen molar-refractivity contribution in [2.45, 2.75) is 32.2 Å². The first-order chi connectivity index (χ1) is 10.9. The number of ether oxygens (including phenoxy) is 1. The molecule has 0 radical (unpaired) electrons. The largest absolute Gasteiger partial charge is 0.381 e. The lowest BCUT2D eigenvalue weighted by atomic mass is 9.95. The van der Waals surface area contributed by atoms with Gasteiger partial charge in [-0.1, -0.05) is 30.3 Å². The lowest BCUT2D eigenvalue weighted by molar-refractivity contribution is 0.0479. The molecule has 1 aromatic carbocycles. The summed E-state index contributed by atoms with van der Waals surface area (Å²) in [7, 11) is 0. The van der Waals surface area contributed by atoms with E-state index in [1.165, 1.54) is 57.4 Å². The summed E-state index contributed by atoms with van der Waals surface area (Å²) in [5.41, 5.74) is 1.45. The van der Waals surface area contributed by atoms with Gasteiger partial charge in [0.25, 0.3) is 0 Å². The summed E-state index contributed by atoms with van der Waals surface area (Å²) in [4.78, 5) is 2.71. The van der Waals surface area contributed by atoms with Crippen molar-refractivity contribution in [1.82, 2.24) is 10.2 Å². The van der Waals surface area contributed by atoms with Gasteiger partial charge in [0.1, 0.15) is 0 Å². The maximum atomic E-state index is 5.52. The Bertz CT molecular complexity index is 397. The SMILES string of the molecule is Cl.c1ccc(CN(CC2CCNCC2)CC2CCOCC2)cc1. The van der Waals surface area contributed by atoms with Gasteiger partial charge in [0.2, 0.25) is 0 Å². The van der Waals surface area contributed by atoms with Crippen molar-refractivity contribution in [3.63, 3.8) is 0 Å². The second kappa shape index (κ2) is 10.3. The Morgan fingerprint density at radius 1 is 0.913 bits per heavy atom. The minimum Gasteiger partial charge on any atom is -0.381 e. The van der Waals surface area contributed by atoms with Gasteiger partial charge in [-0.05, 0) is 56.2 Å². The third-order valence-electron chi connectivity index (χ3n) is 5.08. The van der Waals surface area contributed by atoms with Crippen molar-refractivity contribution in [1.29, 1.82) is 0 Å². The van der Waals surface area contributed by atoms with Crippen LogP contribution in [-0.4, -0.2) is 44.3 Å². The van der Waals surface area contributed by atoms with Crippen molar-refractivity contribution >= 4 is 12.4 Å². The van der Waals surface area contributed by atoms with Crippen LogP contribution in [0, 0.1) is 11.8 Å². The van der Waals surface area contributed by atoms with Crippen molar-refractivity contribution in [2.75, 3.05) is 39.4 Å². The van der Waals surface area contributed by atoms with E-state index in [0.717, 1.165) is 31.6 Å². The molecule has 0 bridgehead atoms. The molecule has 0 unspecified atom stereocenters. The van der Waals surface area contributed by atoms with Crippen LogP contribution >= 0.6 is 12.4 Å². The topological polar surface area (TPSA) is 24.5 Å². The molecular weight excluding hydrogens is 308 g/mol. The van der Waals surface area contributed by atoms with Crippen LogP contribution in [0.3, 0.4) is 0 Å². The summed E-state index contributed by atoms with van der Waals surface area (Å²) < 4.78 is 5.52. The van der Waals surface area contributed by atoms with E-state index >= 15 is 0 Å². The van der Waals surface area contributed by atoms with Crippen LogP contribution in [0.2, 0.25) is 0 Å². The van der Waals surface area contributed by atoms with Gasteiger partial charge in [0.15, 0.2) is 0 Å². The smallest absolute Gasteiger partial charge is 0.0469 e. The zero-order chi connectivity index (χ0) is 15.0. The Hall–Kier alpha value is -0.610.